The number of carbonyl (C=O) groups excluding carboxylic acids is 3. The molecule has 0 heterocycles. The second kappa shape index (κ2) is 8.46. The third-order valence-corrected chi connectivity index (χ3v) is 5.26. The smallest absolute Gasteiger partial charge is 0.374 e. The van der Waals surface area contributed by atoms with E-state index in [-0.39, 0.29) is 16.7 Å². The minimum absolute atomic E-state index is 0.00689. The normalized spacial score (nSPS) is 10.7. The third kappa shape index (κ3) is 4.42. The number of rotatable bonds is 6. The van der Waals surface area contributed by atoms with E-state index < -0.39 is 25.1 Å². The van der Waals surface area contributed by atoms with E-state index in [0.717, 1.165) is 0 Å². The summed E-state index contributed by atoms with van der Waals surface area (Å²) in [7, 11) is -4.81. The standard InChI is InChI=1S/C21H15O6P/c22-19(16-10-4-1-5-11-16)26-28(25,21(24)18-14-8-3-9-15-18)27-20(23)17-12-6-2-7-13-17/h1-15H. The Bertz CT molecular complexity index is 975. The summed E-state index contributed by atoms with van der Waals surface area (Å²) >= 11 is 0. The number of benzene rings is 3. The summed E-state index contributed by atoms with van der Waals surface area (Å²) in [6.07, 6.45) is 0. The van der Waals surface area contributed by atoms with Crippen molar-refractivity contribution < 1.29 is 28.0 Å². The molecule has 0 aromatic heterocycles. The minimum atomic E-state index is -4.81. The molecule has 0 bridgehead atoms. The van der Waals surface area contributed by atoms with Gasteiger partial charge >= 0.3 is 19.5 Å². The molecule has 28 heavy (non-hydrogen) atoms. The summed E-state index contributed by atoms with van der Waals surface area (Å²) in [5, 5.41) is 0. The maximum Gasteiger partial charge on any atom is 0.508 e. The fourth-order valence-electron chi connectivity index (χ4n) is 2.31. The summed E-state index contributed by atoms with van der Waals surface area (Å²) in [4.78, 5) is 37.5. The molecule has 0 amide bonds. The molecule has 0 fully saturated rings. The van der Waals surface area contributed by atoms with Gasteiger partial charge in [0.05, 0.1) is 11.1 Å². The first-order valence-electron chi connectivity index (χ1n) is 8.27. The highest BCUT2D eigenvalue weighted by Gasteiger charge is 2.43. The van der Waals surface area contributed by atoms with Gasteiger partial charge in [0.15, 0.2) is 0 Å². The van der Waals surface area contributed by atoms with Crippen LogP contribution in [0.5, 0.6) is 0 Å². The molecular weight excluding hydrogens is 379 g/mol. The Morgan fingerprint density at radius 3 is 1.21 bits per heavy atom. The van der Waals surface area contributed by atoms with Crippen molar-refractivity contribution in [1.82, 2.24) is 0 Å². The van der Waals surface area contributed by atoms with Gasteiger partial charge < -0.3 is 9.05 Å². The van der Waals surface area contributed by atoms with Gasteiger partial charge in [-0.2, -0.15) is 0 Å². The first kappa shape index (κ1) is 19.3. The van der Waals surface area contributed by atoms with E-state index in [2.05, 4.69) is 0 Å². The highest BCUT2D eigenvalue weighted by molar-refractivity contribution is 7.73. The average Bonchev–Trinajstić information content (AvgIpc) is 2.75. The third-order valence-electron chi connectivity index (χ3n) is 3.69. The second-order valence-corrected chi connectivity index (χ2v) is 7.42. The minimum Gasteiger partial charge on any atom is -0.374 e. The van der Waals surface area contributed by atoms with Crippen LogP contribution in [-0.4, -0.2) is 17.5 Å². The SMILES string of the molecule is O=C(OP(=O)(OC(=O)c1ccccc1)C(=O)c1ccccc1)c1ccccc1. The molecule has 0 spiro atoms. The molecule has 6 nitrogen and oxygen atoms in total. The van der Waals surface area contributed by atoms with Gasteiger partial charge in [-0.05, 0) is 24.3 Å². The first-order chi connectivity index (χ1) is 13.5. The van der Waals surface area contributed by atoms with Crippen LogP contribution in [0, 0.1) is 0 Å². The highest BCUT2D eigenvalue weighted by atomic mass is 31.2. The largest absolute Gasteiger partial charge is 0.508 e. The predicted octanol–water partition coefficient (Wildman–Crippen LogP) is 4.73. The maximum absolute atomic E-state index is 13.2. The first-order valence-corrected chi connectivity index (χ1v) is 9.82. The molecule has 3 rings (SSSR count). The Balaban J connectivity index is 1.93. The van der Waals surface area contributed by atoms with Crippen molar-refractivity contribution in [2.24, 2.45) is 0 Å². The lowest BCUT2D eigenvalue weighted by Gasteiger charge is -2.16. The molecule has 0 aliphatic carbocycles. The molecule has 0 aliphatic heterocycles. The van der Waals surface area contributed by atoms with Gasteiger partial charge in [-0.3, -0.25) is 4.79 Å². The molecule has 0 atom stereocenters. The van der Waals surface area contributed by atoms with Crippen LogP contribution in [0.4, 0.5) is 0 Å². The Kier molecular flexibility index (Phi) is 5.82. The quantitative estimate of drug-likeness (QED) is 0.562. The number of hydrogen-bond acceptors (Lipinski definition) is 6. The molecule has 7 heteroatoms. The Morgan fingerprint density at radius 1 is 0.536 bits per heavy atom. The lowest BCUT2D eigenvalue weighted by molar-refractivity contribution is 0.0609. The Morgan fingerprint density at radius 2 is 0.857 bits per heavy atom. The molecule has 0 unspecified atom stereocenters. The van der Waals surface area contributed by atoms with Crippen molar-refractivity contribution in [1.29, 1.82) is 0 Å². The zero-order chi connectivity index (χ0) is 20.0. The van der Waals surface area contributed by atoms with Crippen LogP contribution in [0.2, 0.25) is 0 Å². The maximum atomic E-state index is 13.2. The highest BCUT2D eigenvalue weighted by Crippen LogP contribution is 2.52. The summed E-state index contributed by atoms with van der Waals surface area (Å²) < 4.78 is 23.2. The topological polar surface area (TPSA) is 86.7 Å². The van der Waals surface area contributed by atoms with Crippen LogP contribution in [0.1, 0.15) is 31.1 Å². The van der Waals surface area contributed by atoms with Crippen LogP contribution in [0.15, 0.2) is 91.0 Å². The van der Waals surface area contributed by atoms with Crippen LogP contribution >= 0.6 is 7.60 Å². The molecule has 0 aliphatic rings. The van der Waals surface area contributed by atoms with Gasteiger partial charge in [-0.25, -0.2) is 14.2 Å². The monoisotopic (exact) mass is 394 g/mol. The summed E-state index contributed by atoms with van der Waals surface area (Å²) in [5.41, 5.74) is -0.951. The zero-order valence-electron chi connectivity index (χ0n) is 14.6. The van der Waals surface area contributed by atoms with Gasteiger partial charge in [-0.1, -0.05) is 66.7 Å². The zero-order valence-corrected chi connectivity index (χ0v) is 15.5. The molecule has 3 aromatic carbocycles. The lowest BCUT2D eigenvalue weighted by atomic mass is 10.2. The van der Waals surface area contributed by atoms with Crippen LogP contribution in [-0.2, 0) is 13.6 Å². The van der Waals surface area contributed by atoms with E-state index in [1.54, 1.807) is 54.6 Å². The Labute approximate surface area is 161 Å². The molecule has 0 saturated heterocycles. The van der Waals surface area contributed by atoms with Crippen molar-refractivity contribution in [3.63, 3.8) is 0 Å². The van der Waals surface area contributed by atoms with Gasteiger partial charge in [0.1, 0.15) is 0 Å². The van der Waals surface area contributed by atoms with Gasteiger partial charge in [-0.15, -0.1) is 0 Å². The van der Waals surface area contributed by atoms with E-state index >= 15 is 0 Å². The van der Waals surface area contributed by atoms with E-state index in [1.807, 2.05) is 0 Å². The van der Waals surface area contributed by atoms with Gasteiger partial charge in [0.2, 0.25) is 0 Å². The van der Waals surface area contributed by atoms with Crippen LogP contribution in [0.3, 0.4) is 0 Å². The molecule has 0 saturated carbocycles. The molecular formula is C21H15O6P. The van der Waals surface area contributed by atoms with Crippen molar-refractivity contribution in [3.05, 3.63) is 108 Å². The summed E-state index contributed by atoms with van der Waals surface area (Å²) in [6, 6.07) is 22.9. The van der Waals surface area contributed by atoms with E-state index in [1.165, 1.54) is 36.4 Å². The van der Waals surface area contributed by atoms with Crippen molar-refractivity contribution in [2.75, 3.05) is 0 Å². The number of carbonyl (C=O) groups is 3. The molecule has 140 valence electrons. The molecule has 0 N–H and O–H groups in total. The molecule has 3 aromatic rings. The van der Waals surface area contributed by atoms with Crippen molar-refractivity contribution >= 4 is 25.1 Å². The fraction of sp³-hybridized carbons (Fsp3) is 0. The van der Waals surface area contributed by atoms with Gasteiger partial charge in [0, 0.05) is 5.56 Å². The summed E-state index contributed by atoms with van der Waals surface area (Å²) in [5.74, 6) is -2.07. The predicted molar refractivity (Wildman–Crippen MR) is 102 cm³/mol. The summed E-state index contributed by atoms with van der Waals surface area (Å²) in [6.45, 7) is 0. The lowest BCUT2D eigenvalue weighted by Crippen LogP contribution is -2.15. The van der Waals surface area contributed by atoms with E-state index in [9.17, 15) is 18.9 Å². The Hall–Kier alpha value is -3.50. The van der Waals surface area contributed by atoms with Crippen LogP contribution < -0.4 is 0 Å². The van der Waals surface area contributed by atoms with Crippen molar-refractivity contribution in [2.45, 2.75) is 0 Å². The second-order valence-electron chi connectivity index (χ2n) is 5.66. The van der Waals surface area contributed by atoms with E-state index in [4.69, 9.17) is 9.05 Å². The average molecular weight is 394 g/mol. The van der Waals surface area contributed by atoms with Crippen molar-refractivity contribution in [3.8, 4) is 0 Å². The fourth-order valence-corrected chi connectivity index (χ4v) is 3.63. The van der Waals surface area contributed by atoms with Gasteiger partial charge in [0.25, 0.3) is 5.52 Å². The molecule has 0 radical (unpaired) electrons. The number of hydrogen-bond donors (Lipinski definition) is 0. The van der Waals surface area contributed by atoms with Crippen LogP contribution in [0.25, 0.3) is 0 Å². The van der Waals surface area contributed by atoms with E-state index in [0.29, 0.717) is 0 Å².